The van der Waals surface area contributed by atoms with E-state index in [2.05, 4.69) is 11.1 Å². The highest BCUT2D eigenvalue weighted by Gasteiger charge is 2.12. The molecule has 0 N–H and O–H groups in total. The monoisotopic (exact) mass is 306 g/mol. The Morgan fingerprint density at radius 2 is 2.00 bits per heavy atom. The van der Waals surface area contributed by atoms with Crippen LogP contribution >= 0.6 is 11.8 Å². The van der Waals surface area contributed by atoms with E-state index in [0.29, 0.717) is 22.6 Å². The van der Waals surface area contributed by atoms with Crippen molar-refractivity contribution in [2.45, 2.75) is 9.92 Å². The molecule has 5 heteroatoms. The minimum absolute atomic E-state index is 0.283. The third-order valence-corrected chi connectivity index (χ3v) is 4.09. The number of rotatable bonds is 4. The molecule has 0 radical (unpaired) electrons. The molecule has 0 unspecified atom stereocenters. The van der Waals surface area contributed by atoms with Crippen molar-refractivity contribution in [2.75, 3.05) is 0 Å². The Bertz CT molecular complexity index is 865. The van der Waals surface area contributed by atoms with Crippen LogP contribution in [0, 0.1) is 11.3 Å². The number of aromatic nitrogens is 1. The van der Waals surface area contributed by atoms with Gasteiger partial charge in [0.25, 0.3) is 0 Å². The van der Waals surface area contributed by atoms with Gasteiger partial charge in [0.15, 0.2) is 12.0 Å². The maximum atomic E-state index is 10.8. The highest BCUT2D eigenvalue weighted by molar-refractivity contribution is 7.99. The van der Waals surface area contributed by atoms with E-state index >= 15 is 0 Å². The molecule has 22 heavy (non-hydrogen) atoms. The predicted octanol–water partition coefficient (Wildman–Crippen LogP) is 4.18. The van der Waals surface area contributed by atoms with Crippen LogP contribution in [0.1, 0.15) is 16.1 Å². The van der Waals surface area contributed by atoms with Crippen LogP contribution in [0.4, 0.5) is 0 Å². The Morgan fingerprint density at radius 3 is 2.77 bits per heavy atom. The summed E-state index contributed by atoms with van der Waals surface area (Å²) in [5, 5.41) is 9.80. The second kappa shape index (κ2) is 6.29. The lowest BCUT2D eigenvalue weighted by Crippen LogP contribution is -1.87. The Kier molecular flexibility index (Phi) is 4.03. The molecule has 0 atom stereocenters. The number of carbonyl (C=O) groups excluding carboxylic acids is 1. The fourth-order valence-electron chi connectivity index (χ4n) is 1.98. The van der Waals surface area contributed by atoms with Gasteiger partial charge in [0.05, 0.1) is 5.56 Å². The highest BCUT2D eigenvalue weighted by Crippen LogP contribution is 2.36. The van der Waals surface area contributed by atoms with Crippen LogP contribution in [0.3, 0.4) is 0 Å². The molecule has 1 aromatic carbocycles. The average Bonchev–Trinajstić information content (AvgIpc) is 3.05. The third-order valence-electron chi connectivity index (χ3n) is 2.99. The predicted molar refractivity (Wildman–Crippen MR) is 82.6 cm³/mol. The molecular formula is C17H10N2O2S. The summed E-state index contributed by atoms with van der Waals surface area (Å²) in [5.74, 6) is 0.894. The fraction of sp³-hybridized carbons (Fsp3) is 0. The average molecular weight is 306 g/mol. The number of carbonyl (C=O) groups is 1. The SMILES string of the molecule is N#Cc1cccnc1Sc1ccccc1-c1ccc(C=O)o1. The number of nitrogens with zero attached hydrogens (tertiary/aromatic N) is 2. The molecule has 0 spiro atoms. The van der Waals surface area contributed by atoms with Crippen LogP contribution in [-0.2, 0) is 0 Å². The van der Waals surface area contributed by atoms with Crippen LogP contribution in [0.25, 0.3) is 11.3 Å². The van der Waals surface area contributed by atoms with Gasteiger partial charge in [-0.2, -0.15) is 5.26 Å². The molecule has 0 bridgehead atoms. The molecule has 0 aliphatic rings. The first-order valence-corrected chi connectivity index (χ1v) is 7.31. The first kappa shape index (κ1) is 14.1. The number of hydrogen-bond donors (Lipinski definition) is 0. The molecule has 4 nitrogen and oxygen atoms in total. The van der Waals surface area contributed by atoms with Gasteiger partial charge >= 0.3 is 0 Å². The molecule has 0 fully saturated rings. The quantitative estimate of drug-likeness (QED) is 0.676. The molecule has 0 aliphatic heterocycles. The van der Waals surface area contributed by atoms with Crippen molar-refractivity contribution in [2.24, 2.45) is 0 Å². The summed E-state index contributed by atoms with van der Waals surface area (Å²) in [6, 6.07) is 16.6. The molecule has 2 aromatic heterocycles. The van der Waals surface area contributed by atoms with Gasteiger partial charge in [-0.25, -0.2) is 4.98 Å². The minimum Gasteiger partial charge on any atom is -0.453 e. The number of nitriles is 1. The smallest absolute Gasteiger partial charge is 0.185 e. The van der Waals surface area contributed by atoms with E-state index in [1.54, 1.807) is 30.5 Å². The number of pyridine rings is 1. The number of benzene rings is 1. The largest absolute Gasteiger partial charge is 0.453 e. The Morgan fingerprint density at radius 1 is 1.14 bits per heavy atom. The van der Waals surface area contributed by atoms with Crippen LogP contribution in [0.15, 0.2) is 69.1 Å². The van der Waals surface area contributed by atoms with Gasteiger partial charge in [0.1, 0.15) is 16.9 Å². The molecule has 0 saturated heterocycles. The molecule has 106 valence electrons. The Hall–Kier alpha value is -2.84. The second-order valence-corrected chi connectivity index (χ2v) is 5.42. The standard InChI is InChI=1S/C17H10N2O2S/c18-10-12-4-3-9-19-17(12)22-16-6-2-1-5-14(16)15-8-7-13(11-20)21-15/h1-9,11H. The first-order valence-electron chi connectivity index (χ1n) is 6.49. The van der Waals surface area contributed by atoms with E-state index in [-0.39, 0.29) is 5.76 Å². The maximum Gasteiger partial charge on any atom is 0.185 e. The Labute approximate surface area is 131 Å². The van der Waals surface area contributed by atoms with Crippen LogP contribution < -0.4 is 0 Å². The number of furan rings is 1. The number of aldehydes is 1. The van der Waals surface area contributed by atoms with Gasteiger partial charge in [-0.1, -0.05) is 30.0 Å². The van der Waals surface area contributed by atoms with Crippen molar-refractivity contribution < 1.29 is 9.21 Å². The van der Waals surface area contributed by atoms with Gasteiger partial charge in [-0.05, 0) is 30.3 Å². The zero-order valence-corrected chi connectivity index (χ0v) is 12.2. The van der Waals surface area contributed by atoms with Crippen molar-refractivity contribution in [1.29, 1.82) is 5.26 Å². The molecule has 3 rings (SSSR count). The molecule has 0 amide bonds. The van der Waals surface area contributed by atoms with Crippen molar-refractivity contribution in [1.82, 2.24) is 4.98 Å². The summed E-state index contributed by atoms with van der Waals surface area (Å²) in [7, 11) is 0. The maximum absolute atomic E-state index is 10.8. The summed E-state index contributed by atoms with van der Waals surface area (Å²) in [6.45, 7) is 0. The lowest BCUT2D eigenvalue weighted by Gasteiger charge is -2.07. The van der Waals surface area contributed by atoms with Crippen molar-refractivity contribution in [3.8, 4) is 17.4 Å². The van der Waals surface area contributed by atoms with E-state index in [1.165, 1.54) is 11.8 Å². The lowest BCUT2D eigenvalue weighted by molar-refractivity contribution is 0.110. The van der Waals surface area contributed by atoms with E-state index in [0.717, 1.165) is 10.5 Å². The van der Waals surface area contributed by atoms with Crippen molar-refractivity contribution in [3.05, 3.63) is 66.1 Å². The fourth-order valence-corrected chi connectivity index (χ4v) is 2.95. The molecule has 0 saturated carbocycles. The van der Waals surface area contributed by atoms with Crippen molar-refractivity contribution in [3.63, 3.8) is 0 Å². The summed E-state index contributed by atoms with van der Waals surface area (Å²) < 4.78 is 5.49. The van der Waals surface area contributed by atoms with E-state index < -0.39 is 0 Å². The summed E-state index contributed by atoms with van der Waals surface area (Å²) in [4.78, 5) is 15.9. The summed E-state index contributed by atoms with van der Waals surface area (Å²) >= 11 is 1.40. The van der Waals surface area contributed by atoms with Gasteiger partial charge in [0, 0.05) is 16.7 Å². The summed E-state index contributed by atoms with van der Waals surface area (Å²) in [6.07, 6.45) is 2.33. The van der Waals surface area contributed by atoms with Gasteiger partial charge in [0.2, 0.25) is 0 Å². The highest BCUT2D eigenvalue weighted by atomic mass is 32.2. The minimum atomic E-state index is 0.283. The normalized spacial score (nSPS) is 10.1. The summed E-state index contributed by atoms with van der Waals surface area (Å²) in [5.41, 5.74) is 1.38. The van der Waals surface area contributed by atoms with Gasteiger partial charge < -0.3 is 4.42 Å². The lowest BCUT2D eigenvalue weighted by atomic mass is 10.2. The molecule has 3 aromatic rings. The van der Waals surface area contributed by atoms with Crippen LogP contribution in [-0.4, -0.2) is 11.3 Å². The van der Waals surface area contributed by atoms with Gasteiger partial charge in [-0.15, -0.1) is 0 Å². The third kappa shape index (κ3) is 2.78. The van der Waals surface area contributed by atoms with Crippen molar-refractivity contribution >= 4 is 18.0 Å². The number of hydrogen-bond acceptors (Lipinski definition) is 5. The van der Waals surface area contributed by atoms with Crippen LogP contribution in [0.5, 0.6) is 0 Å². The van der Waals surface area contributed by atoms with E-state index in [9.17, 15) is 4.79 Å². The van der Waals surface area contributed by atoms with E-state index in [4.69, 9.17) is 9.68 Å². The topological polar surface area (TPSA) is 66.9 Å². The second-order valence-electron chi connectivity index (χ2n) is 4.39. The van der Waals surface area contributed by atoms with Crippen LogP contribution in [0.2, 0.25) is 0 Å². The molecule has 0 aliphatic carbocycles. The first-order chi connectivity index (χ1) is 10.8. The Balaban J connectivity index is 2.02. The molecule has 2 heterocycles. The zero-order valence-electron chi connectivity index (χ0n) is 11.4. The molecular weight excluding hydrogens is 296 g/mol. The van der Waals surface area contributed by atoms with E-state index in [1.807, 2.05) is 24.3 Å². The van der Waals surface area contributed by atoms with Gasteiger partial charge in [-0.3, -0.25) is 4.79 Å². The zero-order chi connectivity index (χ0) is 15.4.